The molecular formula is C17H29N3OS. The highest BCUT2D eigenvalue weighted by Gasteiger charge is 2.22. The molecule has 1 aliphatic rings. The van der Waals surface area contributed by atoms with Gasteiger partial charge in [0.2, 0.25) is 5.91 Å². The summed E-state index contributed by atoms with van der Waals surface area (Å²) < 4.78 is 2.26. The van der Waals surface area contributed by atoms with Gasteiger partial charge in [0.05, 0.1) is 11.4 Å². The zero-order valence-electron chi connectivity index (χ0n) is 14.6. The van der Waals surface area contributed by atoms with Gasteiger partial charge in [0.1, 0.15) is 0 Å². The maximum absolute atomic E-state index is 12.4. The molecule has 0 bridgehead atoms. The predicted octanol–water partition coefficient (Wildman–Crippen LogP) is 3.51. The van der Waals surface area contributed by atoms with E-state index in [1.807, 2.05) is 11.8 Å². The van der Waals surface area contributed by atoms with Gasteiger partial charge in [0.15, 0.2) is 5.16 Å². The number of hydrogen-bond donors (Lipinski definition) is 0. The minimum atomic E-state index is 0.256. The molecule has 1 aromatic rings. The highest BCUT2D eigenvalue weighted by atomic mass is 32.2. The summed E-state index contributed by atoms with van der Waals surface area (Å²) in [6.07, 6.45) is 2.38. The first kappa shape index (κ1) is 17.4. The molecule has 0 radical (unpaired) electrons. The topological polar surface area (TPSA) is 38.1 Å². The van der Waals surface area contributed by atoms with Gasteiger partial charge in [-0.3, -0.25) is 4.79 Å². The van der Waals surface area contributed by atoms with Gasteiger partial charge in [-0.2, -0.15) is 0 Å². The lowest BCUT2D eigenvalue weighted by molar-refractivity contribution is -0.130. The van der Waals surface area contributed by atoms with Crippen molar-refractivity contribution in [2.24, 2.45) is 11.8 Å². The van der Waals surface area contributed by atoms with Crippen LogP contribution in [0.25, 0.3) is 0 Å². The van der Waals surface area contributed by atoms with Crippen LogP contribution in [-0.4, -0.2) is 39.2 Å². The number of carbonyl (C=O) groups is 1. The molecule has 1 amide bonds. The number of imidazole rings is 1. The SMILES string of the molecule is Cc1nc(SCC(=O)N2CCCC(C)C2)n(CC(C)C)c1C. The minimum absolute atomic E-state index is 0.256. The summed E-state index contributed by atoms with van der Waals surface area (Å²) in [5, 5.41) is 0.988. The number of hydrogen-bond acceptors (Lipinski definition) is 3. The monoisotopic (exact) mass is 323 g/mol. The Kier molecular flexibility index (Phi) is 5.95. The summed E-state index contributed by atoms with van der Waals surface area (Å²) in [4.78, 5) is 19.1. The van der Waals surface area contributed by atoms with Crippen LogP contribution in [0.2, 0.25) is 0 Å². The van der Waals surface area contributed by atoms with Crippen LogP contribution in [0.4, 0.5) is 0 Å². The zero-order valence-corrected chi connectivity index (χ0v) is 15.4. The number of carbonyl (C=O) groups excluding carboxylic acids is 1. The Morgan fingerprint density at radius 3 is 2.77 bits per heavy atom. The predicted molar refractivity (Wildman–Crippen MR) is 92.2 cm³/mol. The van der Waals surface area contributed by atoms with Crippen LogP contribution in [0.3, 0.4) is 0 Å². The molecule has 1 saturated heterocycles. The third kappa shape index (κ3) is 4.28. The second kappa shape index (κ2) is 7.53. The molecule has 4 nitrogen and oxygen atoms in total. The Bertz CT molecular complexity index is 524. The van der Waals surface area contributed by atoms with E-state index >= 15 is 0 Å². The van der Waals surface area contributed by atoms with Crippen LogP contribution in [0.1, 0.15) is 45.0 Å². The van der Waals surface area contributed by atoms with E-state index in [0.717, 1.165) is 36.9 Å². The first-order valence-electron chi connectivity index (χ1n) is 8.32. The summed E-state index contributed by atoms with van der Waals surface area (Å²) in [5.74, 6) is 1.96. The highest BCUT2D eigenvalue weighted by Crippen LogP contribution is 2.24. The summed E-state index contributed by atoms with van der Waals surface area (Å²) in [7, 11) is 0. The molecule has 1 unspecified atom stereocenters. The van der Waals surface area contributed by atoms with E-state index in [1.54, 1.807) is 11.8 Å². The lowest BCUT2D eigenvalue weighted by Gasteiger charge is -2.30. The lowest BCUT2D eigenvalue weighted by atomic mass is 10.0. The second-order valence-electron chi connectivity index (χ2n) is 6.95. The van der Waals surface area contributed by atoms with Crippen molar-refractivity contribution in [1.29, 1.82) is 0 Å². The quantitative estimate of drug-likeness (QED) is 0.778. The lowest BCUT2D eigenvalue weighted by Crippen LogP contribution is -2.40. The average Bonchev–Trinajstić information content (AvgIpc) is 2.72. The summed E-state index contributed by atoms with van der Waals surface area (Å²) in [5.41, 5.74) is 2.29. The standard InChI is InChI=1S/C17H29N3OS/c1-12(2)9-20-15(5)14(4)18-17(20)22-11-16(21)19-8-6-7-13(3)10-19/h12-13H,6-11H2,1-5H3. The molecule has 5 heteroatoms. The summed E-state index contributed by atoms with van der Waals surface area (Å²) in [6, 6.07) is 0. The second-order valence-corrected chi connectivity index (χ2v) is 7.89. The molecule has 0 N–H and O–H groups in total. The van der Waals surface area contributed by atoms with Crippen LogP contribution in [0.5, 0.6) is 0 Å². The van der Waals surface area contributed by atoms with Crippen molar-refractivity contribution >= 4 is 17.7 Å². The number of aromatic nitrogens is 2. The van der Waals surface area contributed by atoms with Crippen molar-refractivity contribution in [2.45, 2.75) is 59.2 Å². The minimum Gasteiger partial charge on any atom is -0.342 e. The number of thioether (sulfide) groups is 1. The normalized spacial score (nSPS) is 19.0. The van der Waals surface area contributed by atoms with Crippen molar-refractivity contribution in [1.82, 2.24) is 14.5 Å². The van der Waals surface area contributed by atoms with Crippen LogP contribution >= 0.6 is 11.8 Å². The molecule has 124 valence electrons. The first-order chi connectivity index (χ1) is 10.4. The molecule has 0 saturated carbocycles. The molecule has 1 aliphatic heterocycles. The molecule has 2 heterocycles. The Labute approximate surface area is 138 Å². The van der Waals surface area contributed by atoms with Gasteiger partial charge >= 0.3 is 0 Å². The molecule has 1 fully saturated rings. The Morgan fingerprint density at radius 2 is 2.14 bits per heavy atom. The number of amides is 1. The van der Waals surface area contributed by atoms with Gasteiger partial charge in [-0.25, -0.2) is 4.98 Å². The van der Waals surface area contributed by atoms with E-state index in [1.165, 1.54) is 12.1 Å². The molecule has 0 spiro atoms. The fourth-order valence-electron chi connectivity index (χ4n) is 2.95. The number of piperidine rings is 1. The molecule has 2 rings (SSSR count). The van der Waals surface area contributed by atoms with Gasteiger partial charge in [-0.05, 0) is 38.5 Å². The molecule has 1 atom stereocenters. The summed E-state index contributed by atoms with van der Waals surface area (Å²) >= 11 is 1.59. The Balaban J connectivity index is 1.99. The van der Waals surface area contributed by atoms with Gasteiger partial charge < -0.3 is 9.47 Å². The highest BCUT2D eigenvalue weighted by molar-refractivity contribution is 7.99. The molecule has 0 aromatic carbocycles. The van der Waals surface area contributed by atoms with E-state index in [2.05, 4.69) is 37.2 Å². The Morgan fingerprint density at radius 1 is 1.41 bits per heavy atom. The molecule has 22 heavy (non-hydrogen) atoms. The van der Waals surface area contributed by atoms with E-state index < -0.39 is 0 Å². The molecular weight excluding hydrogens is 294 g/mol. The Hall–Kier alpha value is -0.970. The van der Waals surface area contributed by atoms with Gasteiger partial charge in [0, 0.05) is 25.3 Å². The van der Waals surface area contributed by atoms with E-state index in [-0.39, 0.29) is 5.91 Å². The van der Waals surface area contributed by atoms with Crippen LogP contribution in [0, 0.1) is 25.7 Å². The number of aryl methyl sites for hydroxylation is 1. The zero-order chi connectivity index (χ0) is 16.3. The van der Waals surface area contributed by atoms with Crippen LogP contribution < -0.4 is 0 Å². The third-order valence-corrected chi connectivity index (χ3v) is 5.27. The van der Waals surface area contributed by atoms with Gasteiger partial charge in [0.25, 0.3) is 0 Å². The van der Waals surface area contributed by atoms with Crippen molar-refractivity contribution in [2.75, 3.05) is 18.8 Å². The van der Waals surface area contributed by atoms with Crippen molar-refractivity contribution in [3.05, 3.63) is 11.4 Å². The van der Waals surface area contributed by atoms with E-state index in [9.17, 15) is 4.79 Å². The third-order valence-electron chi connectivity index (χ3n) is 4.30. The van der Waals surface area contributed by atoms with E-state index in [0.29, 0.717) is 17.6 Å². The fraction of sp³-hybridized carbons (Fsp3) is 0.765. The number of likely N-dealkylation sites (tertiary alicyclic amines) is 1. The number of nitrogens with zero attached hydrogens (tertiary/aromatic N) is 3. The molecule has 1 aromatic heterocycles. The maximum atomic E-state index is 12.4. The van der Waals surface area contributed by atoms with Crippen LogP contribution in [0.15, 0.2) is 5.16 Å². The molecule has 0 aliphatic carbocycles. The fourth-order valence-corrected chi connectivity index (χ4v) is 3.95. The summed E-state index contributed by atoms with van der Waals surface area (Å²) in [6.45, 7) is 13.6. The maximum Gasteiger partial charge on any atom is 0.233 e. The largest absolute Gasteiger partial charge is 0.342 e. The van der Waals surface area contributed by atoms with Crippen LogP contribution in [-0.2, 0) is 11.3 Å². The van der Waals surface area contributed by atoms with Crippen molar-refractivity contribution < 1.29 is 4.79 Å². The average molecular weight is 324 g/mol. The smallest absolute Gasteiger partial charge is 0.233 e. The van der Waals surface area contributed by atoms with Crippen molar-refractivity contribution in [3.63, 3.8) is 0 Å². The first-order valence-corrected chi connectivity index (χ1v) is 9.31. The van der Waals surface area contributed by atoms with E-state index in [4.69, 9.17) is 0 Å². The van der Waals surface area contributed by atoms with Gasteiger partial charge in [-0.1, -0.05) is 32.5 Å². The van der Waals surface area contributed by atoms with Gasteiger partial charge in [-0.15, -0.1) is 0 Å². The van der Waals surface area contributed by atoms with Crippen molar-refractivity contribution in [3.8, 4) is 0 Å². The number of rotatable bonds is 5.